The molecule has 100 valence electrons. The molecule has 0 unspecified atom stereocenters. The van der Waals surface area contributed by atoms with Gasteiger partial charge in [0.15, 0.2) is 0 Å². The lowest BCUT2D eigenvalue weighted by molar-refractivity contribution is 0.475. The molecule has 0 aliphatic carbocycles. The first-order chi connectivity index (χ1) is 9.63. The van der Waals surface area contributed by atoms with Crippen LogP contribution in [-0.2, 0) is 0 Å². The Morgan fingerprint density at radius 2 is 1.75 bits per heavy atom. The molecule has 1 N–H and O–H groups in total. The molecule has 0 saturated heterocycles. The molecule has 2 aromatic carbocycles. The van der Waals surface area contributed by atoms with Crippen molar-refractivity contribution in [1.82, 2.24) is 15.0 Å². The molecule has 1 aromatic heterocycles. The highest BCUT2D eigenvalue weighted by Gasteiger charge is 2.11. The average Bonchev–Trinajstić information content (AvgIpc) is 2.89. The van der Waals surface area contributed by atoms with Crippen molar-refractivity contribution >= 4 is 0 Å². The summed E-state index contributed by atoms with van der Waals surface area (Å²) in [6.45, 7) is 0. The lowest BCUT2D eigenvalue weighted by Gasteiger charge is -2.00. The van der Waals surface area contributed by atoms with Crippen LogP contribution in [0.5, 0.6) is 5.75 Å². The van der Waals surface area contributed by atoms with Crippen molar-refractivity contribution < 1.29 is 13.9 Å². The van der Waals surface area contributed by atoms with Gasteiger partial charge in [0.25, 0.3) is 0 Å². The molecule has 0 fully saturated rings. The SMILES string of the molecule is Oc1ccc(-n2ncc(-c3ccc(F)cc3F)n2)cc1. The van der Waals surface area contributed by atoms with Gasteiger partial charge in [0.05, 0.1) is 11.9 Å². The predicted octanol–water partition coefficient (Wildman–Crippen LogP) is 2.92. The van der Waals surface area contributed by atoms with Crippen LogP contribution in [0, 0.1) is 11.6 Å². The Kier molecular flexibility index (Phi) is 2.90. The minimum atomic E-state index is -0.692. The number of phenols is 1. The van der Waals surface area contributed by atoms with Gasteiger partial charge in [-0.1, -0.05) is 0 Å². The number of nitrogens with zero attached hydrogens (tertiary/aromatic N) is 3. The topological polar surface area (TPSA) is 50.9 Å². The van der Waals surface area contributed by atoms with E-state index in [1.165, 1.54) is 29.2 Å². The fraction of sp³-hybridized carbons (Fsp3) is 0. The smallest absolute Gasteiger partial charge is 0.135 e. The summed E-state index contributed by atoms with van der Waals surface area (Å²) < 4.78 is 26.5. The largest absolute Gasteiger partial charge is 0.508 e. The number of halogens is 2. The molecule has 0 spiro atoms. The zero-order valence-electron chi connectivity index (χ0n) is 10.2. The molecule has 3 aromatic rings. The van der Waals surface area contributed by atoms with Gasteiger partial charge in [0, 0.05) is 11.6 Å². The molecular weight excluding hydrogens is 264 g/mol. The van der Waals surface area contributed by atoms with Gasteiger partial charge >= 0.3 is 0 Å². The normalized spacial score (nSPS) is 10.7. The van der Waals surface area contributed by atoms with Crippen LogP contribution in [-0.4, -0.2) is 20.1 Å². The zero-order valence-corrected chi connectivity index (χ0v) is 10.2. The summed E-state index contributed by atoms with van der Waals surface area (Å²) >= 11 is 0. The Morgan fingerprint density at radius 3 is 2.45 bits per heavy atom. The Bertz CT molecular complexity index is 753. The highest BCUT2D eigenvalue weighted by atomic mass is 19.1. The van der Waals surface area contributed by atoms with Gasteiger partial charge < -0.3 is 5.11 Å². The number of hydrogen-bond acceptors (Lipinski definition) is 3. The first-order valence-corrected chi connectivity index (χ1v) is 5.81. The highest BCUT2D eigenvalue weighted by Crippen LogP contribution is 2.21. The summed E-state index contributed by atoms with van der Waals surface area (Å²) in [4.78, 5) is 1.30. The lowest BCUT2D eigenvalue weighted by Crippen LogP contribution is -1.98. The van der Waals surface area contributed by atoms with E-state index in [4.69, 9.17) is 0 Å². The second-order valence-electron chi connectivity index (χ2n) is 4.16. The third-order valence-corrected chi connectivity index (χ3v) is 2.78. The Labute approximate surface area is 112 Å². The predicted molar refractivity (Wildman–Crippen MR) is 68.4 cm³/mol. The van der Waals surface area contributed by atoms with Gasteiger partial charge in [-0.3, -0.25) is 0 Å². The fourth-order valence-corrected chi connectivity index (χ4v) is 1.79. The van der Waals surface area contributed by atoms with Crippen LogP contribution in [0.4, 0.5) is 8.78 Å². The molecule has 0 atom stereocenters. The lowest BCUT2D eigenvalue weighted by atomic mass is 10.1. The van der Waals surface area contributed by atoms with E-state index in [0.29, 0.717) is 11.4 Å². The molecule has 0 aliphatic rings. The number of hydrogen-bond donors (Lipinski definition) is 1. The maximum atomic E-state index is 13.7. The molecule has 3 rings (SSSR count). The molecule has 0 radical (unpaired) electrons. The minimum Gasteiger partial charge on any atom is -0.508 e. The minimum absolute atomic E-state index is 0.130. The van der Waals surface area contributed by atoms with Gasteiger partial charge in [-0.2, -0.15) is 9.90 Å². The second-order valence-corrected chi connectivity index (χ2v) is 4.16. The Balaban J connectivity index is 1.99. The molecule has 0 bridgehead atoms. The molecule has 1 heterocycles. The molecular formula is C14H9F2N3O. The maximum absolute atomic E-state index is 13.7. The number of phenolic OH excluding ortho intramolecular Hbond substituents is 1. The van der Waals surface area contributed by atoms with Crippen molar-refractivity contribution in [2.75, 3.05) is 0 Å². The summed E-state index contributed by atoms with van der Waals surface area (Å²) in [5, 5.41) is 17.4. The van der Waals surface area contributed by atoms with Crippen LogP contribution in [0.25, 0.3) is 16.9 Å². The number of rotatable bonds is 2. The van der Waals surface area contributed by atoms with Gasteiger partial charge in [0.1, 0.15) is 23.1 Å². The van der Waals surface area contributed by atoms with Crippen LogP contribution in [0.3, 0.4) is 0 Å². The summed E-state index contributed by atoms with van der Waals surface area (Å²) in [7, 11) is 0. The standard InChI is InChI=1S/C14H9F2N3O/c15-9-1-6-12(13(16)7-9)14-8-17-19(18-14)10-2-4-11(20)5-3-10/h1-8,20H. The molecule has 0 amide bonds. The van der Waals surface area contributed by atoms with Crippen molar-refractivity contribution in [3.05, 3.63) is 60.3 Å². The summed E-state index contributed by atoms with van der Waals surface area (Å²) in [6.07, 6.45) is 1.39. The van der Waals surface area contributed by atoms with E-state index in [2.05, 4.69) is 10.2 Å². The van der Waals surface area contributed by atoms with E-state index in [9.17, 15) is 13.9 Å². The van der Waals surface area contributed by atoms with E-state index in [0.717, 1.165) is 12.1 Å². The van der Waals surface area contributed by atoms with Gasteiger partial charge in [-0.15, -0.1) is 5.10 Å². The number of benzene rings is 2. The third-order valence-electron chi connectivity index (χ3n) is 2.78. The van der Waals surface area contributed by atoms with Crippen molar-refractivity contribution in [3.8, 4) is 22.7 Å². The van der Waals surface area contributed by atoms with Gasteiger partial charge in [-0.25, -0.2) is 8.78 Å². The number of aromatic nitrogens is 3. The molecule has 20 heavy (non-hydrogen) atoms. The van der Waals surface area contributed by atoms with Crippen molar-refractivity contribution in [2.45, 2.75) is 0 Å². The van der Waals surface area contributed by atoms with Crippen molar-refractivity contribution in [2.24, 2.45) is 0 Å². The van der Waals surface area contributed by atoms with E-state index in [1.54, 1.807) is 12.1 Å². The number of aromatic hydroxyl groups is 1. The summed E-state index contributed by atoms with van der Waals surface area (Å²) in [6, 6.07) is 9.52. The molecule has 4 nitrogen and oxygen atoms in total. The second kappa shape index (κ2) is 4.73. The molecule has 0 saturated carbocycles. The quantitative estimate of drug-likeness (QED) is 0.781. The van der Waals surface area contributed by atoms with E-state index >= 15 is 0 Å². The monoisotopic (exact) mass is 273 g/mol. The Morgan fingerprint density at radius 1 is 1.00 bits per heavy atom. The van der Waals surface area contributed by atoms with Crippen LogP contribution in [0.2, 0.25) is 0 Å². The third kappa shape index (κ3) is 2.23. The van der Waals surface area contributed by atoms with E-state index in [-0.39, 0.29) is 11.3 Å². The summed E-state index contributed by atoms with van der Waals surface area (Å²) in [5.74, 6) is -1.20. The summed E-state index contributed by atoms with van der Waals surface area (Å²) in [5.41, 5.74) is 1.10. The van der Waals surface area contributed by atoms with Crippen LogP contribution in [0.15, 0.2) is 48.7 Å². The van der Waals surface area contributed by atoms with Crippen LogP contribution in [0.1, 0.15) is 0 Å². The van der Waals surface area contributed by atoms with Crippen LogP contribution < -0.4 is 0 Å². The van der Waals surface area contributed by atoms with E-state index < -0.39 is 11.6 Å². The first kappa shape index (κ1) is 12.3. The molecule has 0 aliphatic heterocycles. The maximum Gasteiger partial charge on any atom is 0.135 e. The first-order valence-electron chi connectivity index (χ1n) is 5.81. The Hall–Kier alpha value is -2.76. The molecule has 6 heteroatoms. The van der Waals surface area contributed by atoms with Crippen molar-refractivity contribution in [1.29, 1.82) is 0 Å². The van der Waals surface area contributed by atoms with Crippen molar-refractivity contribution in [3.63, 3.8) is 0 Å². The average molecular weight is 273 g/mol. The fourth-order valence-electron chi connectivity index (χ4n) is 1.79. The highest BCUT2D eigenvalue weighted by molar-refractivity contribution is 5.58. The van der Waals surface area contributed by atoms with Gasteiger partial charge in [0.2, 0.25) is 0 Å². The van der Waals surface area contributed by atoms with E-state index in [1.807, 2.05) is 0 Å². The zero-order chi connectivity index (χ0) is 14.1. The van der Waals surface area contributed by atoms with Gasteiger partial charge in [-0.05, 0) is 36.4 Å². The van der Waals surface area contributed by atoms with Crippen LogP contribution >= 0.6 is 0 Å².